The Morgan fingerprint density at radius 3 is 1.73 bits per heavy atom. The Bertz CT molecular complexity index is 700. The molecule has 0 saturated heterocycles. The molecular formula is C20H27Cl5N2O3. The van der Waals surface area contributed by atoms with Crippen LogP contribution in [0.15, 0.2) is 0 Å². The third-order valence-corrected chi connectivity index (χ3v) is 6.65. The summed E-state index contributed by atoms with van der Waals surface area (Å²) in [5.74, 6) is -0.637. The predicted molar refractivity (Wildman–Crippen MR) is 125 cm³/mol. The largest absolute Gasteiger partial charge is 0.423 e. The summed E-state index contributed by atoms with van der Waals surface area (Å²) in [6, 6.07) is -0.460. The highest BCUT2D eigenvalue weighted by Crippen LogP contribution is 2.48. The third kappa shape index (κ3) is 9.37. The first kappa shape index (κ1) is 27.6. The van der Waals surface area contributed by atoms with Crippen molar-refractivity contribution < 1.29 is 14.3 Å². The molecule has 0 aliphatic carbocycles. The molecule has 0 aromatic heterocycles. The van der Waals surface area contributed by atoms with E-state index in [2.05, 4.69) is 5.32 Å². The van der Waals surface area contributed by atoms with E-state index < -0.39 is 12.0 Å². The first-order chi connectivity index (χ1) is 14.2. The number of ether oxygens (including phenoxy) is 1. The molecule has 0 fully saturated rings. The predicted octanol–water partition coefficient (Wildman–Crippen LogP) is 6.83. The van der Waals surface area contributed by atoms with Crippen molar-refractivity contribution in [2.45, 2.75) is 70.8 Å². The van der Waals surface area contributed by atoms with Crippen LogP contribution in [0.2, 0.25) is 25.1 Å². The van der Waals surface area contributed by atoms with Crippen molar-refractivity contribution >= 4 is 69.9 Å². The summed E-state index contributed by atoms with van der Waals surface area (Å²) in [7, 11) is 0. The fraction of sp³-hybridized carbons (Fsp3) is 0.600. The molecule has 1 rings (SSSR count). The zero-order valence-corrected chi connectivity index (χ0v) is 20.6. The average molecular weight is 521 g/mol. The number of amides is 1. The number of esters is 1. The maximum Gasteiger partial charge on any atom is 0.311 e. The van der Waals surface area contributed by atoms with Crippen LogP contribution in [0.25, 0.3) is 0 Å². The van der Waals surface area contributed by atoms with Gasteiger partial charge in [-0.2, -0.15) is 0 Å². The summed E-state index contributed by atoms with van der Waals surface area (Å²) < 4.78 is 5.24. The standard InChI is InChI=1S/C20H27Cl5N2O3/c1-12(26)20(29)27-11-9-7-5-3-2-4-6-8-10-13(28)30-19-17(24)15(22)14(21)16(23)18(19)25/h12H,2-11,26H2,1H3,(H,27,29). The molecule has 1 unspecified atom stereocenters. The van der Waals surface area contributed by atoms with Crippen LogP contribution in [-0.2, 0) is 9.59 Å². The maximum absolute atomic E-state index is 12.1. The monoisotopic (exact) mass is 518 g/mol. The molecule has 1 aromatic carbocycles. The van der Waals surface area contributed by atoms with Crippen LogP contribution in [-0.4, -0.2) is 24.5 Å². The topological polar surface area (TPSA) is 81.4 Å². The van der Waals surface area contributed by atoms with Gasteiger partial charge in [0, 0.05) is 13.0 Å². The van der Waals surface area contributed by atoms with Crippen molar-refractivity contribution in [1.29, 1.82) is 0 Å². The van der Waals surface area contributed by atoms with Crippen LogP contribution in [0.5, 0.6) is 5.75 Å². The van der Waals surface area contributed by atoms with E-state index in [0.29, 0.717) is 13.0 Å². The Morgan fingerprint density at radius 1 is 0.800 bits per heavy atom. The zero-order valence-electron chi connectivity index (χ0n) is 16.8. The van der Waals surface area contributed by atoms with Gasteiger partial charge >= 0.3 is 5.97 Å². The first-order valence-corrected chi connectivity index (χ1v) is 11.8. The van der Waals surface area contributed by atoms with Gasteiger partial charge in [-0.15, -0.1) is 0 Å². The Labute approximate surface area is 202 Å². The second-order valence-corrected chi connectivity index (χ2v) is 8.92. The summed E-state index contributed by atoms with van der Waals surface area (Å²) in [6.45, 7) is 2.34. The van der Waals surface area contributed by atoms with Crippen LogP contribution < -0.4 is 15.8 Å². The number of carbonyl (C=O) groups is 2. The molecule has 10 heteroatoms. The number of nitrogens with one attached hydrogen (secondary N) is 1. The number of benzene rings is 1. The lowest BCUT2D eigenvalue weighted by Gasteiger charge is -2.12. The summed E-state index contributed by atoms with van der Waals surface area (Å²) in [4.78, 5) is 23.4. The molecule has 0 spiro atoms. The molecule has 0 aliphatic heterocycles. The van der Waals surface area contributed by atoms with E-state index in [1.807, 2.05) is 0 Å². The number of halogens is 5. The molecule has 30 heavy (non-hydrogen) atoms. The van der Waals surface area contributed by atoms with Crippen LogP contribution in [0, 0.1) is 0 Å². The quantitative estimate of drug-likeness (QED) is 0.0982. The summed E-state index contributed by atoms with van der Waals surface area (Å²) >= 11 is 29.9. The minimum Gasteiger partial charge on any atom is -0.423 e. The molecule has 3 N–H and O–H groups in total. The molecule has 1 aromatic rings. The van der Waals surface area contributed by atoms with Crippen molar-refractivity contribution in [1.82, 2.24) is 5.32 Å². The van der Waals surface area contributed by atoms with Crippen molar-refractivity contribution in [3.05, 3.63) is 25.1 Å². The lowest BCUT2D eigenvalue weighted by atomic mass is 10.1. The fourth-order valence-electron chi connectivity index (χ4n) is 2.67. The molecule has 0 heterocycles. The van der Waals surface area contributed by atoms with Crippen LogP contribution in [0.4, 0.5) is 0 Å². The smallest absolute Gasteiger partial charge is 0.311 e. The Kier molecular flexibility index (Phi) is 13.4. The second-order valence-electron chi connectivity index (χ2n) is 7.03. The molecule has 0 bridgehead atoms. The normalized spacial score (nSPS) is 12.0. The molecule has 1 amide bonds. The number of nitrogens with two attached hydrogens (primary N) is 1. The highest BCUT2D eigenvalue weighted by atomic mass is 35.5. The highest BCUT2D eigenvalue weighted by molar-refractivity contribution is 6.55. The van der Waals surface area contributed by atoms with Gasteiger partial charge in [0.2, 0.25) is 5.91 Å². The Morgan fingerprint density at radius 2 is 1.23 bits per heavy atom. The molecule has 170 valence electrons. The minimum atomic E-state index is -0.460. The maximum atomic E-state index is 12.1. The highest BCUT2D eigenvalue weighted by Gasteiger charge is 2.22. The van der Waals surface area contributed by atoms with Crippen molar-refractivity contribution in [3.8, 4) is 5.75 Å². The number of rotatable bonds is 13. The van der Waals surface area contributed by atoms with Crippen LogP contribution in [0.1, 0.15) is 64.7 Å². The number of hydrogen-bond donors (Lipinski definition) is 2. The SMILES string of the molecule is CC(N)C(=O)NCCCCCCCCCCC(=O)Oc1c(Cl)c(Cl)c(Cl)c(Cl)c1Cl. The van der Waals surface area contributed by atoms with Gasteiger partial charge < -0.3 is 15.8 Å². The van der Waals surface area contributed by atoms with Crippen molar-refractivity contribution in [2.75, 3.05) is 6.54 Å². The average Bonchev–Trinajstić information content (AvgIpc) is 2.71. The molecule has 0 radical (unpaired) electrons. The van der Waals surface area contributed by atoms with E-state index >= 15 is 0 Å². The zero-order chi connectivity index (χ0) is 22.7. The van der Waals surface area contributed by atoms with Gasteiger partial charge in [0.15, 0.2) is 5.75 Å². The van der Waals surface area contributed by atoms with E-state index in [9.17, 15) is 9.59 Å². The summed E-state index contributed by atoms with van der Waals surface area (Å²) in [6.07, 6.45) is 8.26. The Hall–Kier alpha value is -0.430. The van der Waals surface area contributed by atoms with Gasteiger partial charge in [-0.3, -0.25) is 9.59 Å². The number of hydrogen-bond acceptors (Lipinski definition) is 4. The van der Waals surface area contributed by atoms with E-state index in [4.69, 9.17) is 68.5 Å². The third-order valence-electron chi connectivity index (χ3n) is 4.41. The van der Waals surface area contributed by atoms with E-state index in [1.165, 1.54) is 0 Å². The van der Waals surface area contributed by atoms with Gasteiger partial charge in [0.1, 0.15) is 10.0 Å². The summed E-state index contributed by atoms with van der Waals surface area (Å²) in [5, 5.41) is 2.72. The van der Waals surface area contributed by atoms with Crippen LogP contribution in [0.3, 0.4) is 0 Å². The van der Waals surface area contributed by atoms with Gasteiger partial charge in [0.25, 0.3) is 0 Å². The molecule has 0 saturated carbocycles. The van der Waals surface area contributed by atoms with Gasteiger partial charge in [-0.25, -0.2) is 0 Å². The van der Waals surface area contributed by atoms with Gasteiger partial charge in [-0.05, 0) is 19.8 Å². The Balaban J connectivity index is 2.14. The lowest BCUT2D eigenvalue weighted by molar-refractivity contribution is -0.134. The number of carbonyl (C=O) groups excluding carboxylic acids is 2. The minimum absolute atomic E-state index is 0.00754. The van der Waals surface area contributed by atoms with Gasteiger partial charge in [0.05, 0.1) is 21.1 Å². The number of unbranched alkanes of at least 4 members (excludes halogenated alkanes) is 7. The van der Waals surface area contributed by atoms with Crippen LogP contribution >= 0.6 is 58.0 Å². The molecule has 1 atom stereocenters. The van der Waals surface area contributed by atoms with E-state index in [0.717, 1.165) is 44.9 Å². The molecular weight excluding hydrogens is 493 g/mol. The van der Waals surface area contributed by atoms with E-state index in [-0.39, 0.29) is 43.2 Å². The summed E-state index contributed by atoms with van der Waals surface area (Å²) in [5.41, 5.74) is 5.48. The first-order valence-electron chi connectivity index (χ1n) is 9.92. The van der Waals surface area contributed by atoms with Gasteiger partial charge in [-0.1, -0.05) is 96.5 Å². The molecule has 5 nitrogen and oxygen atoms in total. The second kappa shape index (κ2) is 14.6. The van der Waals surface area contributed by atoms with Crippen molar-refractivity contribution in [2.24, 2.45) is 5.73 Å². The molecule has 0 aliphatic rings. The van der Waals surface area contributed by atoms with Crippen molar-refractivity contribution in [3.63, 3.8) is 0 Å². The fourth-order valence-corrected chi connectivity index (χ4v) is 3.86. The lowest BCUT2D eigenvalue weighted by Crippen LogP contribution is -2.38. The van der Waals surface area contributed by atoms with E-state index in [1.54, 1.807) is 6.92 Å².